The van der Waals surface area contributed by atoms with Gasteiger partial charge in [-0.25, -0.2) is 0 Å². The van der Waals surface area contributed by atoms with Gasteiger partial charge in [0.25, 0.3) is 0 Å². The molecule has 1 aromatic rings. The van der Waals surface area contributed by atoms with Gasteiger partial charge in [-0.1, -0.05) is 0 Å². The van der Waals surface area contributed by atoms with E-state index in [1.165, 1.54) is 0 Å². The maximum Gasteiger partial charge on any atom is 0.118 e. The molecule has 0 aliphatic rings. The molecule has 0 atom stereocenters. The summed E-state index contributed by atoms with van der Waals surface area (Å²) in [6.45, 7) is 2.43. The van der Waals surface area contributed by atoms with Gasteiger partial charge in [0.15, 0.2) is 0 Å². The zero-order valence-corrected chi connectivity index (χ0v) is 9.64. The van der Waals surface area contributed by atoms with E-state index in [0.717, 1.165) is 30.4 Å². The SMILES string of the molecule is CSCCN(C)Cc1ccc(CN)o1. The van der Waals surface area contributed by atoms with Crippen molar-refractivity contribution in [2.24, 2.45) is 5.73 Å². The summed E-state index contributed by atoms with van der Waals surface area (Å²) < 4.78 is 5.51. The van der Waals surface area contributed by atoms with Crippen molar-refractivity contribution < 1.29 is 4.42 Å². The minimum absolute atomic E-state index is 0.481. The molecule has 0 aliphatic heterocycles. The summed E-state index contributed by atoms with van der Waals surface area (Å²) in [7, 11) is 2.10. The molecule has 4 heteroatoms. The number of rotatable bonds is 6. The molecule has 0 bridgehead atoms. The number of hydrogen-bond acceptors (Lipinski definition) is 4. The third-order valence-electron chi connectivity index (χ3n) is 2.02. The van der Waals surface area contributed by atoms with Crippen molar-refractivity contribution in [1.82, 2.24) is 4.90 Å². The fourth-order valence-corrected chi connectivity index (χ4v) is 1.70. The summed E-state index contributed by atoms with van der Waals surface area (Å²) in [5.74, 6) is 3.01. The van der Waals surface area contributed by atoms with E-state index in [-0.39, 0.29) is 0 Å². The van der Waals surface area contributed by atoms with Crippen LogP contribution in [0.4, 0.5) is 0 Å². The monoisotopic (exact) mass is 214 g/mol. The van der Waals surface area contributed by atoms with Crippen LogP contribution in [0, 0.1) is 0 Å². The number of nitrogens with two attached hydrogens (primary N) is 1. The molecule has 1 aromatic heterocycles. The lowest BCUT2D eigenvalue weighted by Gasteiger charge is -2.13. The van der Waals surface area contributed by atoms with E-state index < -0.39 is 0 Å². The third-order valence-corrected chi connectivity index (χ3v) is 2.61. The zero-order chi connectivity index (χ0) is 10.4. The molecule has 0 radical (unpaired) electrons. The van der Waals surface area contributed by atoms with Crippen LogP contribution in [-0.4, -0.2) is 30.5 Å². The second-order valence-corrected chi connectivity index (χ2v) is 4.29. The highest BCUT2D eigenvalue weighted by Gasteiger charge is 2.03. The Morgan fingerprint density at radius 2 is 2.14 bits per heavy atom. The standard InChI is InChI=1S/C10H18N2OS/c1-12(5-6-14-2)8-10-4-3-9(7-11)13-10/h3-4H,5-8,11H2,1-2H3. The predicted molar refractivity (Wildman–Crippen MR) is 61.3 cm³/mol. The number of furan rings is 1. The molecule has 1 rings (SSSR count). The van der Waals surface area contributed by atoms with E-state index in [0.29, 0.717) is 6.54 Å². The third kappa shape index (κ3) is 3.74. The first-order valence-electron chi connectivity index (χ1n) is 4.71. The minimum Gasteiger partial charge on any atom is -0.463 e. The Labute approximate surface area is 89.6 Å². The van der Waals surface area contributed by atoms with Gasteiger partial charge in [-0.3, -0.25) is 4.90 Å². The molecular weight excluding hydrogens is 196 g/mol. The van der Waals surface area contributed by atoms with Gasteiger partial charge in [-0.2, -0.15) is 11.8 Å². The number of nitrogens with zero attached hydrogens (tertiary/aromatic N) is 1. The Kier molecular flexibility index (Phi) is 5.07. The molecule has 0 amide bonds. The molecular formula is C10H18N2OS. The van der Waals surface area contributed by atoms with Gasteiger partial charge in [0.2, 0.25) is 0 Å². The Morgan fingerprint density at radius 1 is 1.43 bits per heavy atom. The molecule has 0 fully saturated rings. The lowest BCUT2D eigenvalue weighted by molar-refractivity contribution is 0.306. The summed E-state index contributed by atoms with van der Waals surface area (Å²) >= 11 is 1.86. The second kappa shape index (κ2) is 6.11. The van der Waals surface area contributed by atoms with Crippen LogP contribution in [0.2, 0.25) is 0 Å². The van der Waals surface area contributed by atoms with Crippen LogP contribution in [0.25, 0.3) is 0 Å². The smallest absolute Gasteiger partial charge is 0.118 e. The molecule has 0 saturated carbocycles. The van der Waals surface area contributed by atoms with E-state index in [4.69, 9.17) is 10.2 Å². The molecule has 0 spiro atoms. The fourth-order valence-electron chi connectivity index (χ4n) is 1.21. The predicted octanol–water partition coefficient (Wildman–Crippen LogP) is 1.53. The van der Waals surface area contributed by atoms with E-state index in [9.17, 15) is 0 Å². The van der Waals surface area contributed by atoms with Crippen molar-refractivity contribution in [3.05, 3.63) is 23.7 Å². The molecule has 0 saturated heterocycles. The normalized spacial score (nSPS) is 11.1. The van der Waals surface area contributed by atoms with E-state index in [1.54, 1.807) is 0 Å². The summed E-state index contributed by atoms with van der Waals surface area (Å²) in [5.41, 5.74) is 5.46. The first kappa shape index (κ1) is 11.6. The van der Waals surface area contributed by atoms with Crippen molar-refractivity contribution in [2.45, 2.75) is 13.1 Å². The Balaban J connectivity index is 2.35. The molecule has 80 valence electrons. The second-order valence-electron chi connectivity index (χ2n) is 3.30. The van der Waals surface area contributed by atoms with Crippen molar-refractivity contribution in [3.8, 4) is 0 Å². The van der Waals surface area contributed by atoms with E-state index in [1.807, 2.05) is 23.9 Å². The molecule has 14 heavy (non-hydrogen) atoms. The van der Waals surface area contributed by atoms with Crippen LogP contribution in [0.15, 0.2) is 16.5 Å². The van der Waals surface area contributed by atoms with E-state index >= 15 is 0 Å². The van der Waals surface area contributed by atoms with Gasteiger partial charge < -0.3 is 10.2 Å². The number of hydrogen-bond donors (Lipinski definition) is 1. The lowest BCUT2D eigenvalue weighted by atomic mass is 10.4. The fraction of sp³-hybridized carbons (Fsp3) is 0.600. The minimum atomic E-state index is 0.481. The molecule has 2 N–H and O–H groups in total. The summed E-state index contributed by atoms with van der Waals surface area (Å²) in [5, 5.41) is 0. The van der Waals surface area contributed by atoms with Crippen LogP contribution in [0.5, 0.6) is 0 Å². The van der Waals surface area contributed by atoms with Gasteiger partial charge in [-0.15, -0.1) is 0 Å². The topological polar surface area (TPSA) is 42.4 Å². The molecule has 0 aromatic carbocycles. The quantitative estimate of drug-likeness (QED) is 0.780. The van der Waals surface area contributed by atoms with E-state index in [2.05, 4.69) is 18.2 Å². The maximum atomic E-state index is 5.51. The summed E-state index contributed by atoms with van der Waals surface area (Å²) in [6.07, 6.45) is 2.12. The van der Waals surface area contributed by atoms with Crippen LogP contribution < -0.4 is 5.73 Å². The highest BCUT2D eigenvalue weighted by molar-refractivity contribution is 7.98. The molecule has 1 heterocycles. The van der Waals surface area contributed by atoms with Gasteiger partial charge in [0.1, 0.15) is 11.5 Å². The van der Waals surface area contributed by atoms with Crippen LogP contribution in [-0.2, 0) is 13.1 Å². The highest BCUT2D eigenvalue weighted by atomic mass is 32.2. The van der Waals surface area contributed by atoms with Gasteiger partial charge in [0, 0.05) is 12.3 Å². The van der Waals surface area contributed by atoms with Gasteiger partial charge >= 0.3 is 0 Å². The average molecular weight is 214 g/mol. The average Bonchev–Trinajstić information content (AvgIpc) is 2.62. The first-order chi connectivity index (χ1) is 6.76. The van der Waals surface area contributed by atoms with Crippen molar-refractivity contribution in [1.29, 1.82) is 0 Å². The Morgan fingerprint density at radius 3 is 2.71 bits per heavy atom. The van der Waals surface area contributed by atoms with Crippen LogP contribution in [0.3, 0.4) is 0 Å². The summed E-state index contributed by atoms with van der Waals surface area (Å²) in [6, 6.07) is 3.94. The molecule has 0 unspecified atom stereocenters. The summed E-state index contributed by atoms with van der Waals surface area (Å²) in [4.78, 5) is 2.25. The number of thioether (sulfide) groups is 1. The lowest BCUT2D eigenvalue weighted by Crippen LogP contribution is -2.20. The maximum absolute atomic E-state index is 5.51. The largest absolute Gasteiger partial charge is 0.463 e. The Hall–Kier alpha value is -0.450. The highest BCUT2D eigenvalue weighted by Crippen LogP contribution is 2.09. The Bertz CT molecular complexity index is 262. The molecule has 0 aliphatic carbocycles. The zero-order valence-electron chi connectivity index (χ0n) is 8.82. The van der Waals surface area contributed by atoms with Crippen LogP contribution in [0.1, 0.15) is 11.5 Å². The first-order valence-corrected chi connectivity index (χ1v) is 6.10. The van der Waals surface area contributed by atoms with Gasteiger partial charge in [-0.05, 0) is 25.4 Å². The van der Waals surface area contributed by atoms with Crippen molar-refractivity contribution in [2.75, 3.05) is 25.6 Å². The molecule has 3 nitrogen and oxygen atoms in total. The van der Waals surface area contributed by atoms with Gasteiger partial charge in [0.05, 0.1) is 13.1 Å². The van der Waals surface area contributed by atoms with Crippen molar-refractivity contribution >= 4 is 11.8 Å². The van der Waals surface area contributed by atoms with Crippen LogP contribution >= 0.6 is 11.8 Å². The van der Waals surface area contributed by atoms with Crippen molar-refractivity contribution in [3.63, 3.8) is 0 Å².